The van der Waals surface area contributed by atoms with Gasteiger partial charge < -0.3 is 5.32 Å². The molecule has 1 N–H and O–H groups in total. The Morgan fingerprint density at radius 2 is 2.10 bits per heavy atom. The molecule has 0 radical (unpaired) electrons. The molecule has 0 bridgehead atoms. The molecule has 0 fully saturated rings. The highest BCUT2D eigenvalue weighted by molar-refractivity contribution is 5.90. The Labute approximate surface area is 125 Å². The van der Waals surface area contributed by atoms with Gasteiger partial charge in [-0.3, -0.25) is 4.79 Å². The van der Waals surface area contributed by atoms with Gasteiger partial charge in [0, 0.05) is 12.1 Å². The number of hydrogen-bond donors (Lipinski definition) is 1. The number of nitrogens with one attached hydrogen (secondary N) is 1. The summed E-state index contributed by atoms with van der Waals surface area (Å²) in [4.78, 5) is 16.1. The quantitative estimate of drug-likeness (QED) is 0.917. The Morgan fingerprint density at radius 1 is 1.33 bits per heavy atom. The molecule has 2 aromatic rings. The van der Waals surface area contributed by atoms with Crippen molar-refractivity contribution in [2.24, 2.45) is 5.92 Å². The predicted molar refractivity (Wildman–Crippen MR) is 83.5 cm³/mol. The van der Waals surface area contributed by atoms with Crippen molar-refractivity contribution < 1.29 is 4.79 Å². The van der Waals surface area contributed by atoms with Crippen LogP contribution in [0.1, 0.15) is 38.1 Å². The molecule has 5 nitrogen and oxygen atoms in total. The molecule has 0 aromatic carbocycles. The summed E-state index contributed by atoms with van der Waals surface area (Å²) in [7, 11) is 0. The number of hydrogen-bond acceptors (Lipinski definition) is 3. The van der Waals surface area contributed by atoms with Crippen molar-refractivity contribution in [3.8, 4) is 5.82 Å². The smallest absolute Gasteiger partial charge is 0.224 e. The predicted octanol–water partition coefficient (Wildman–Crippen LogP) is 3.26. The molecule has 0 aliphatic heterocycles. The molecule has 0 saturated carbocycles. The van der Waals surface area contributed by atoms with Crippen LogP contribution in [0.15, 0.2) is 24.4 Å². The fourth-order valence-corrected chi connectivity index (χ4v) is 2.09. The van der Waals surface area contributed by atoms with Gasteiger partial charge in [0.05, 0.1) is 17.6 Å². The second-order valence-electron chi connectivity index (χ2n) is 5.72. The number of amides is 1. The zero-order chi connectivity index (χ0) is 15.4. The van der Waals surface area contributed by atoms with Crippen LogP contribution in [0, 0.1) is 19.8 Å². The summed E-state index contributed by atoms with van der Waals surface area (Å²) in [5.74, 6) is 1.31. The first-order valence-corrected chi connectivity index (χ1v) is 7.25. The van der Waals surface area contributed by atoms with Gasteiger partial charge in [-0.25, -0.2) is 9.67 Å². The van der Waals surface area contributed by atoms with E-state index in [-0.39, 0.29) is 5.91 Å². The van der Waals surface area contributed by atoms with Gasteiger partial charge in [-0.1, -0.05) is 13.8 Å². The van der Waals surface area contributed by atoms with E-state index in [9.17, 15) is 4.79 Å². The van der Waals surface area contributed by atoms with Crippen LogP contribution >= 0.6 is 0 Å². The highest BCUT2D eigenvalue weighted by Gasteiger charge is 2.07. The lowest BCUT2D eigenvalue weighted by atomic mass is 10.1. The first kappa shape index (κ1) is 15.2. The van der Waals surface area contributed by atoms with Crippen molar-refractivity contribution in [2.45, 2.75) is 40.5 Å². The number of aromatic nitrogens is 3. The van der Waals surface area contributed by atoms with Gasteiger partial charge in [0.2, 0.25) is 5.91 Å². The fraction of sp³-hybridized carbons (Fsp3) is 0.438. The number of aryl methyl sites for hydroxylation is 2. The molecule has 2 aromatic heterocycles. The minimum Gasteiger partial charge on any atom is -0.325 e. The molecule has 0 atom stereocenters. The molecule has 2 rings (SSSR count). The molecule has 21 heavy (non-hydrogen) atoms. The summed E-state index contributed by atoms with van der Waals surface area (Å²) >= 11 is 0. The fourth-order valence-electron chi connectivity index (χ4n) is 2.09. The number of nitrogens with zero attached hydrogens (tertiary/aromatic N) is 3. The molecule has 0 aliphatic rings. The molecule has 0 spiro atoms. The third-order valence-corrected chi connectivity index (χ3v) is 3.21. The highest BCUT2D eigenvalue weighted by atomic mass is 16.1. The van der Waals surface area contributed by atoms with Crippen molar-refractivity contribution >= 4 is 11.6 Å². The van der Waals surface area contributed by atoms with Crippen LogP contribution in [0.3, 0.4) is 0 Å². The molecule has 5 heteroatoms. The number of anilines is 1. The number of pyridine rings is 1. The van der Waals surface area contributed by atoms with E-state index in [1.807, 2.05) is 32.0 Å². The zero-order valence-electron chi connectivity index (χ0n) is 13.1. The van der Waals surface area contributed by atoms with Gasteiger partial charge >= 0.3 is 0 Å². The summed E-state index contributed by atoms with van der Waals surface area (Å²) in [5.41, 5.74) is 2.71. The van der Waals surface area contributed by atoms with Gasteiger partial charge in [0.25, 0.3) is 0 Å². The Balaban J connectivity index is 2.02. The van der Waals surface area contributed by atoms with Crippen LogP contribution in [-0.2, 0) is 4.79 Å². The zero-order valence-corrected chi connectivity index (χ0v) is 13.1. The molecule has 0 unspecified atom stereocenters. The van der Waals surface area contributed by atoms with Gasteiger partial charge in [-0.2, -0.15) is 5.10 Å². The van der Waals surface area contributed by atoms with E-state index in [1.165, 1.54) is 0 Å². The summed E-state index contributed by atoms with van der Waals surface area (Å²) in [5, 5.41) is 7.25. The minimum atomic E-state index is 0.0318. The Bertz CT molecular complexity index is 614. The SMILES string of the molecule is Cc1cc(C)n(-c2ccc(NC(=O)CCC(C)C)cn2)n1. The second-order valence-corrected chi connectivity index (χ2v) is 5.72. The summed E-state index contributed by atoms with van der Waals surface area (Å²) < 4.78 is 1.79. The number of rotatable bonds is 5. The van der Waals surface area contributed by atoms with E-state index in [0.29, 0.717) is 18.0 Å². The lowest BCUT2D eigenvalue weighted by Gasteiger charge is -2.08. The van der Waals surface area contributed by atoms with Gasteiger partial charge in [0.1, 0.15) is 0 Å². The van der Waals surface area contributed by atoms with E-state index in [1.54, 1.807) is 10.9 Å². The summed E-state index contributed by atoms with van der Waals surface area (Å²) in [6.07, 6.45) is 3.10. The van der Waals surface area contributed by atoms with Gasteiger partial charge in [-0.05, 0) is 44.4 Å². The van der Waals surface area contributed by atoms with E-state index in [4.69, 9.17) is 0 Å². The summed E-state index contributed by atoms with van der Waals surface area (Å²) in [6, 6.07) is 5.72. The monoisotopic (exact) mass is 286 g/mol. The van der Waals surface area contributed by atoms with Crippen molar-refractivity contribution in [1.82, 2.24) is 14.8 Å². The molecule has 2 heterocycles. The minimum absolute atomic E-state index is 0.0318. The molecule has 112 valence electrons. The van der Waals surface area contributed by atoms with Gasteiger partial charge in [-0.15, -0.1) is 0 Å². The maximum Gasteiger partial charge on any atom is 0.224 e. The van der Waals surface area contributed by atoms with E-state index in [0.717, 1.165) is 23.6 Å². The highest BCUT2D eigenvalue weighted by Crippen LogP contribution is 2.13. The molecule has 1 amide bonds. The first-order chi connectivity index (χ1) is 9.95. The van der Waals surface area contributed by atoms with E-state index >= 15 is 0 Å². The van der Waals surface area contributed by atoms with Crippen LogP contribution in [0.5, 0.6) is 0 Å². The maximum atomic E-state index is 11.8. The van der Waals surface area contributed by atoms with E-state index < -0.39 is 0 Å². The van der Waals surface area contributed by atoms with Crippen molar-refractivity contribution in [2.75, 3.05) is 5.32 Å². The summed E-state index contributed by atoms with van der Waals surface area (Å²) in [6.45, 7) is 8.16. The average Bonchev–Trinajstić information content (AvgIpc) is 2.76. The van der Waals surface area contributed by atoms with Crippen LogP contribution in [-0.4, -0.2) is 20.7 Å². The molecular formula is C16H22N4O. The lowest BCUT2D eigenvalue weighted by molar-refractivity contribution is -0.116. The Kier molecular flexibility index (Phi) is 4.73. The van der Waals surface area contributed by atoms with Crippen molar-refractivity contribution in [1.29, 1.82) is 0 Å². The van der Waals surface area contributed by atoms with Crippen molar-refractivity contribution in [3.05, 3.63) is 35.8 Å². The average molecular weight is 286 g/mol. The van der Waals surface area contributed by atoms with E-state index in [2.05, 4.69) is 29.2 Å². The maximum absolute atomic E-state index is 11.8. The largest absolute Gasteiger partial charge is 0.325 e. The number of carbonyl (C=O) groups is 1. The van der Waals surface area contributed by atoms with Crippen molar-refractivity contribution in [3.63, 3.8) is 0 Å². The standard InChI is InChI=1S/C16H22N4O/c1-11(2)5-8-16(21)18-14-6-7-15(17-10-14)20-13(4)9-12(3)19-20/h6-7,9-11H,5,8H2,1-4H3,(H,18,21). The van der Waals surface area contributed by atoms with Gasteiger partial charge in [0.15, 0.2) is 5.82 Å². The molecule has 0 aliphatic carbocycles. The van der Waals surface area contributed by atoms with Crippen LogP contribution in [0.25, 0.3) is 5.82 Å². The number of carbonyl (C=O) groups excluding carboxylic acids is 1. The Morgan fingerprint density at radius 3 is 2.62 bits per heavy atom. The first-order valence-electron chi connectivity index (χ1n) is 7.25. The normalized spacial score (nSPS) is 10.9. The second kappa shape index (κ2) is 6.52. The lowest BCUT2D eigenvalue weighted by Crippen LogP contribution is -2.12. The van der Waals surface area contributed by atoms with Crippen LogP contribution < -0.4 is 5.32 Å². The van der Waals surface area contributed by atoms with Crippen LogP contribution in [0.2, 0.25) is 0 Å². The van der Waals surface area contributed by atoms with Crippen LogP contribution in [0.4, 0.5) is 5.69 Å². The molecular weight excluding hydrogens is 264 g/mol. The third-order valence-electron chi connectivity index (χ3n) is 3.21. The Hall–Kier alpha value is -2.17. The topological polar surface area (TPSA) is 59.8 Å². The molecule has 0 saturated heterocycles. The third kappa shape index (κ3) is 4.15.